The van der Waals surface area contributed by atoms with Crippen LogP contribution >= 0.6 is 0 Å². The third-order valence-corrected chi connectivity index (χ3v) is 3.51. The number of aryl methyl sites for hydroxylation is 2. The highest BCUT2D eigenvalue weighted by Crippen LogP contribution is 2.29. The van der Waals surface area contributed by atoms with Crippen LogP contribution < -0.4 is 9.47 Å². The van der Waals surface area contributed by atoms with Crippen LogP contribution in [0.3, 0.4) is 0 Å². The van der Waals surface area contributed by atoms with E-state index in [1.54, 1.807) is 24.3 Å². The third kappa shape index (κ3) is 5.53. The van der Waals surface area contributed by atoms with Crippen molar-refractivity contribution in [1.82, 2.24) is 0 Å². The standard InChI is InChI=1S/C19H20O6/c1-12(20)24-16-8-7-15(18(23)11-16)5-3-4-14-6-9-17(22)19(10-14)25-13(2)21/h6-11,22-23H,3-5H2,1-2H3. The van der Waals surface area contributed by atoms with Gasteiger partial charge in [-0.15, -0.1) is 0 Å². The zero-order valence-corrected chi connectivity index (χ0v) is 14.1. The van der Waals surface area contributed by atoms with E-state index in [0.717, 1.165) is 17.5 Å². The molecule has 2 aromatic carbocycles. The minimum Gasteiger partial charge on any atom is -0.508 e. The van der Waals surface area contributed by atoms with Crippen LogP contribution in [0.2, 0.25) is 0 Å². The second-order valence-corrected chi connectivity index (χ2v) is 5.63. The molecule has 0 aliphatic carbocycles. The Labute approximate surface area is 145 Å². The second-order valence-electron chi connectivity index (χ2n) is 5.63. The predicted molar refractivity (Wildman–Crippen MR) is 90.9 cm³/mol. The summed E-state index contributed by atoms with van der Waals surface area (Å²) in [5, 5.41) is 19.7. The Morgan fingerprint density at radius 2 is 1.60 bits per heavy atom. The lowest BCUT2D eigenvalue weighted by atomic mass is 10.0. The van der Waals surface area contributed by atoms with E-state index in [4.69, 9.17) is 9.47 Å². The fraction of sp³-hybridized carbons (Fsp3) is 0.263. The van der Waals surface area contributed by atoms with Gasteiger partial charge in [-0.25, -0.2) is 0 Å². The Morgan fingerprint density at radius 1 is 0.880 bits per heavy atom. The summed E-state index contributed by atoms with van der Waals surface area (Å²) < 4.78 is 9.86. The molecular formula is C19H20O6. The monoisotopic (exact) mass is 344 g/mol. The summed E-state index contributed by atoms with van der Waals surface area (Å²) >= 11 is 0. The molecule has 2 aromatic rings. The normalized spacial score (nSPS) is 10.3. The largest absolute Gasteiger partial charge is 0.508 e. The molecule has 0 aromatic heterocycles. The average Bonchev–Trinajstić information content (AvgIpc) is 2.51. The first kappa shape index (κ1) is 18.3. The molecule has 0 aliphatic rings. The number of esters is 2. The number of rotatable bonds is 6. The van der Waals surface area contributed by atoms with Gasteiger partial charge in [0.2, 0.25) is 0 Å². The number of hydrogen-bond acceptors (Lipinski definition) is 6. The van der Waals surface area contributed by atoms with Crippen molar-refractivity contribution in [3.8, 4) is 23.0 Å². The minimum absolute atomic E-state index is 0.0741. The number of ether oxygens (including phenoxy) is 2. The van der Waals surface area contributed by atoms with Crippen LogP contribution in [0.15, 0.2) is 36.4 Å². The highest BCUT2D eigenvalue weighted by molar-refractivity contribution is 5.70. The first-order valence-corrected chi connectivity index (χ1v) is 7.86. The maximum Gasteiger partial charge on any atom is 0.308 e. The number of carbonyl (C=O) groups is 2. The van der Waals surface area contributed by atoms with Gasteiger partial charge >= 0.3 is 11.9 Å². The van der Waals surface area contributed by atoms with Crippen molar-refractivity contribution in [1.29, 1.82) is 0 Å². The number of phenols is 2. The van der Waals surface area contributed by atoms with Crippen LogP contribution in [0, 0.1) is 0 Å². The zero-order valence-electron chi connectivity index (χ0n) is 14.1. The molecule has 0 fully saturated rings. The van der Waals surface area contributed by atoms with Crippen molar-refractivity contribution < 1.29 is 29.3 Å². The summed E-state index contributed by atoms with van der Waals surface area (Å²) in [6, 6.07) is 9.63. The highest BCUT2D eigenvalue weighted by atomic mass is 16.5. The fourth-order valence-corrected chi connectivity index (χ4v) is 2.42. The van der Waals surface area contributed by atoms with Crippen molar-refractivity contribution in [2.24, 2.45) is 0 Å². The van der Waals surface area contributed by atoms with E-state index >= 15 is 0 Å². The molecule has 6 nitrogen and oxygen atoms in total. The van der Waals surface area contributed by atoms with Crippen molar-refractivity contribution in [2.75, 3.05) is 0 Å². The van der Waals surface area contributed by atoms with Crippen molar-refractivity contribution in [3.63, 3.8) is 0 Å². The highest BCUT2D eigenvalue weighted by Gasteiger charge is 2.08. The van der Waals surface area contributed by atoms with Crippen LogP contribution in [0.25, 0.3) is 0 Å². The van der Waals surface area contributed by atoms with Gasteiger partial charge in [0, 0.05) is 19.9 Å². The smallest absolute Gasteiger partial charge is 0.308 e. The molecule has 0 unspecified atom stereocenters. The molecule has 132 valence electrons. The van der Waals surface area contributed by atoms with E-state index < -0.39 is 11.9 Å². The Kier molecular flexibility index (Phi) is 6.00. The second kappa shape index (κ2) is 8.19. The molecule has 0 aliphatic heterocycles. The lowest BCUT2D eigenvalue weighted by Crippen LogP contribution is -2.02. The SMILES string of the molecule is CC(=O)Oc1ccc(CCCc2ccc(O)c(OC(C)=O)c2)c(O)c1. The summed E-state index contributed by atoms with van der Waals surface area (Å²) in [6.45, 7) is 2.57. The third-order valence-electron chi connectivity index (χ3n) is 3.51. The molecule has 0 spiro atoms. The van der Waals surface area contributed by atoms with E-state index in [2.05, 4.69) is 0 Å². The first-order valence-electron chi connectivity index (χ1n) is 7.86. The van der Waals surface area contributed by atoms with Crippen LogP contribution in [0.4, 0.5) is 0 Å². The summed E-state index contributed by atoms with van der Waals surface area (Å²) in [7, 11) is 0. The molecule has 0 bridgehead atoms. The average molecular weight is 344 g/mol. The summed E-state index contributed by atoms with van der Waals surface area (Å²) in [4.78, 5) is 21.9. The van der Waals surface area contributed by atoms with E-state index in [1.165, 1.54) is 26.0 Å². The van der Waals surface area contributed by atoms with Crippen LogP contribution in [-0.4, -0.2) is 22.2 Å². The lowest BCUT2D eigenvalue weighted by Gasteiger charge is -2.09. The first-order chi connectivity index (χ1) is 11.8. The topological polar surface area (TPSA) is 93.1 Å². The van der Waals surface area contributed by atoms with Gasteiger partial charge in [0.25, 0.3) is 0 Å². The molecule has 6 heteroatoms. The molecule has 0 saturated heterocycles. The van der Waals surface area contributed by atoms with Gasteiger partial charge in [-0.3, -0.25) is 9.59 Å². The summed E-state index contributed by atoms with van der Waals surface area (Å²) in [5.41, 5.74) is 1.65. The molecular weight excluding hydrogens is 324 g/mol. The molecule has 2 N–H and O–H groups in total. The van der Waals surface area contributed by atoms with Gasteiger partial charge < -0.3 is 19.7 Å². The fourth-order valence-electron chi connectivity index (χ4n) is 2.42. The van der Waals surface area contributed by atoms with Crippen molar-refractivity contribution >= 4 is 11.9 Å². The van der Waals surface area contributed by atoms with E-state index in [0.29, 0.717) is 18.6 Å². The van der Waals surface area contributed by atoms with Crippen LogP contribution in [-0.2, 0) is 22.4 Å². The Morgan fingerprint density at radius 3 is 2.24 bits per heavy atom. The number of carbonyl (C=O) groups excluding carboxylic acids is 2. The molecule has 25 heavy (non-hydrogen) atoms. The molecule has 0 atom stereocenters. The van der Waals surface area contributed by atoms with E-state index in [9.17, 15) is 19.8 Å². The van der Waals surface area contributed by atoms with Gasteiger partial charge in [0.1, 0.15) is 11.5 Å². The lowest BCUT2D eigenvalue weighted by molar-refractivity contribution is -0.132. The van der Waals surface area contributed by atoms with E-state index in [-0.39, 0.29) is 17.2 Å². The molecule has 0 radical (unpaired) electrons. The summed E-state index contributed by atoms with van der Waals surface area (Å²) in [6.07, 6.45) is 2.04. The van der Waals surface area contributed by atoms with Crippen LogP contribution in [0.5, 0.6) is 23.0 Å². The maximum absolute atomic E-state index is 11.0. The van der Waals surface area contributed by atoms with Crippen molar-refractivity contribution in [2.45, 2.75) is 33.1 Å². The van der Waals surface area contributed by atoms with Crippen molar-refractivity contribution in [3.05, 3.63) is 47.5 Å². The number of benzene rings is 2. The molecule has 2 rings (SSSR count). The van der Waals surface area contributed by atoms with Crippen LogP contribution in [0.1, 0.15) is 31.4 Å². The maximum atomic E-state index is 11.0. The zero-order chi connectivity index (χ0) is 18.4. The molecule has 0 heterocycles. The molecule has 0 amide bonds. The Hall–Kier alpha value is -3.02. The number of phenolic OH excluding ortho intramolecular Hbond substituents is 2. The predicted octanol–water partition coefficient (Wildman–Crippen LogP) is 3.12. The van der Waals surface area contributed by atoms with Gasteiger partial charge in [-0.05, 0) is 48.6 Å². The molecule has 0 saturated carbocycles. The van der Waals surface area contributed by atoms with Gasteiger partial charge in [-0.2, -0.15) is 0 Å². The van der Waals surface area contributed by atoms with E-state index in [1.807, 2.05) is 0 Å². The number of hydrogen-bond donors (Lipinski definition) is 2. The minimum atomic E-state index is -0.495. The van der Waals surface area contributed by atoms with Gasteiger partial charge in [-0.1, -0.05) is 12.1 Å². The Balaban J connectivity index is 1.96. The van der Waals surface area contributed by atoms with Gasteiger partial charge in [0.05, 0.1) is 0 Å². The van der Waals surface area contributed by atoms with Gasteiger partial charge in [0.15, 0.2) is 11.5 Å². The quantitative estimate of drug-likeness (QED) is 0.618. The number of aromatic hydroxyl groups is 2. The summed E-state index contributed by atoms with van der Waals surface area (Å²) in [5.74, 6) is -0.507. The Bertz CT molecular complexity index is 781.